The van der Waals surface area contributed by atoms with E-state index in [4.69, 9.17) is 4.74 Å². The Kier molecular flexibility index (Phi) is 4.66. The topological polar surface area (TPSA) is 52.0 Å². The van der Waals surface area contributed by atoms with Gasteiger partial charge in [-0.05, 0) is 18.6 Å². The van der Waals surface area contributed by atoms with Crippen molar-refractivity contribution >= 4 is 11.2 Å². The summed E-state index contributed by atoms with van der Waals surface area (Å²) < 4.78 is 7.20. The van der Waals surface area contributed by atoms with E-state index in [1.54, 1.807) is 7.11 Å². The van der Waals surface area contributed by atoms with Gasteiger partial charge in [0.05, 0.1) is 13.2 Å². The third-order valence-electron chi connectivity index (χ3n) is 2.80. The zero-order chi connectivity index (χ0) is 12.8. The minimum Gasteiger partial charge on any atom is -0.383 e. The summed E-state index contributed by atoms with van der Waals surface area (Å²) in [6.07, 6.45) is 2.89. The Morgan fingerprint density at radius 3 is 3.11 bits per heavy atom. The molecule has 0 unspecified atom stereocenters. The van der Waals surface area contributed by atoms with Crippen molar-refractivity contribution < 1.29 is 4.74 Å². The number of pyridine rings is 1. The van der Waals surface area contributed by atoms with Crippen LogP contribution in [0.5, 0.6) is 0 Å². The number of aromatic nitrogens is 3. The van der Waals surface area contributed by atoms with Gasteiger partial charge in [0.25, 0.3) is 0 Å². The lowest BCUT2D eigenvalue weighted by molar-refractivity contribution is 0.199. The summed E-state index contributed by atoms with van der Waals surface area (Å²) in [6.45, 7) is 5.41. The second-order valence-electron chi connectivity index (χ2n) is 4.20. The molecular formula is C13H20N4O. The van der Waals surface area contributed by atoms with Gasteiger partial charge in [-0.3, -0.25) is 0 Å². The number of nitrogens with zero attached hydrogens (tertiary/aromatic N) is 3. The number of rotatable bonds is 7. The van der Waals surface area contributed by atoms with Crippen molar-refractivity contribution in [3.63, 3.8) is 0 Å². The third-order valence-corrected chi connectivity index (χ3v) is 2.80. The molecule has 2 rings (SSSR count). The van der Waals surface area contributed by atoms with E-state index >= 15 is 0 Å². The van der Waals surface area contributed by atoms with Crippen molar-refractivity contribution in [1.82, 2.24) is 19.9 Å². The fourth-order valence-corrected chi connectivity index (χ4v) is 1.97. The van der Waals surface area contributed by atoms with Gasteiger partial charge in [-0.15, -0.1) is 0 Å². The molecule has 0 aromatic carbocycles. The Hall–Kier alpha value is -1.46. The summed E-state index contributed by atoms with van der Waals surface area (Å²) in [5.74, 6) is 1.04. The van der Waals surface area contributed by atoms with E-state index in [-0.39, 0.29) is 0 Å². The Bertz CT molecular complexity index is 495. The van der Waals surface area contributed by atoms with Crippen LogP contribution < -0.4 is 5.32 Å². The quantitative estimate of drug-likeness (QED) is 0.756. The number of hydrogen-bond donors (Lipinski definition) is 1. The highest BCUT2D eigenvalue weighted by Crippen LogP contribution is 2.13. The van der Waals surface area contributed by atoms with Crippen LogP contribution in [0.1, 0.15) is 19.2 Å². The van der Waals surface area contributed by atoms with Crippen molar-refractivity contribution in [1.29, 1.82) is 0 Å². The van der Waals surface area contributed by atoms with Gasteiger partial charge in [-0.25, -0.2) is 9.97 Å². The van der Waals surface area contributed by atoms with Crippen molar-refractivity contribution in [2.45, 2.75) is 26.4 Å². The molecule has 0 radical (unpaired) electrons. The molecule has 5 heteroatoms. The summed E-state index contributed by atoms with van der Waals surface area (Å²) in [6, 6.07) is 3.93. The van der Waals surface area contributed by atoms with Gasteiger partial charge < -0.3 is 14.6 Å². The average molecular weight is 248 g/mol. The Morgan fingerprint density at radius 2 is 2.33 bits per heavy atom. The highest BCUT2D eigenvalue weighted by Gasteiger charge is 2.09. The lowest BCUT2D eigenvalue weighted by Gasteiger charge is -2.07. The standard InChI is InChI=1S/C13H20N4O/c1-3-8-17-12(10-14-7-9-18-2)16-11-5-4-6-15-13(11)17/h4-6,14H,3,7-10H2,1-2H3. The van der Waals surface area contributed by atoms with Crippen LogP contribution in [-0.2, 0) is 17.8 Å². The molecule has 2 aromatic heterocycles. The minimum absolute atomic E-state index is 0.715. The maximum absolute atomic E-state index is 5.01. The maximum Gasteiger partial charge on any atom is 0.160 e. The first-order chi connectivity index (χ1) is 8.86. The van der Waals surface area contributed by atoms with Crippen LogP contribution in [0.15, 0.2) is 18.3 Å². The summed E-state index contributed by atoms with van der Waals surface area (Å²) in [5.41, 5.74) is 1.94. The van der Waals surface area contributed by atoms with Crippen LogP contribution in [0.25, 0.3) is 11.2 Å². The van der Waals surface area contributed by atoms with E-state index in [0.717, 1.165) is 43.0 Å². The largest absolute Gasteiger partial charge is 0.383 e. The minimum atomic E-state index is 0.715. The van der Waals surface area contributed by atoms with Gasteiger partial charge in [0.1, 0.15) is 11.3 Å². The molecule has 0 aliphatic heterocycles. The van der Waals surface area contributed by atoms with E-state index in [1.807, 2.05) is 18.3 Å². The first-order valence-corrected chi connectivity index (χ1v) is 6.36. The number of hydrogen-bond acceptors (Lipinski definition) is 4. The summed E-state index contributed by atoms with van der Waals surface area (Å²) in [5, 5.41) is 3.33. The Morgan fingerprint density at radius 1 is 1.44 bits per heavy atom. The predicted octanol–water partition coefficient (Wildman–Crippen LogP) is 1.58. The fraction of sp³-hybridized carbons (Fsp3) is 0.538. The van der Waals surface area contributed by atoms with E-state index < -0.39 is 0 Å². The molecule has 0 atom stereocenters. The summed E-state index contributed by atoms with van der Waals surface area (Å²) >= 11 is 0. The van der Waals surface area contributed by atoms with Crippen LogP contribution in [-0.4, -0.2) is 34.8 Å². The van der Waals surface area contributed by atoms with Gasteiger partial charge in [0.2, 0.25) is 0 Å². The molecule has 5 nitrogen and oxygen atoms in total. The normalized spacial score (nSPS) is 11.2. The molecule has 0 saturated heterocycles. The second kappa shape index (κ2) is 6.47. The van der Waals surface area contributed by atoms with Crippen LogP contribution in [0.3, 0.4) is 0 Å². The molecule has 2 heterocycles. The number of aryl methyl sites for hydroxylation is 1. The maximum atomic E-state index is 5.01. The third kappa shape index (κ3) is 2.86. The van der Waals surface area contributed by atoms with E-state index in [9.17, 15) is 0 Å². The molecule has 2 aromatic rings. The van der Waals surface area contributed by atoms with Gasteiger partial charge in [-0.2, -0.15) is 0 Å². The van der Waals surface area contributed by atoms with E-state index in [1.165, 1.54) is 0 Å². The van der Waals surface area contributed by atoms with Gasteiger partial charge in [-0.1, -0.05) is 6.92 Å². The van der Waals surface area contributed by atoms with Gasteiger partial charge >= 0.3 is 0 Å². The Balaban J connectivity index is 2.17. The molecule has 0 aliphatic carbocycles. The molecule has 0 fully saturated rings. The van der Waals surface area contributed by atoms with Crippen molar-refractivity contribution in [3.05, 3.63) is 24.2 Å². The number of nitrogens with one attached hydrogen (secondary N) is 1. The molecule has 1 N–H and O–H groups in total. The smallest absolute Gasteiger partial charge is 0.160 e. The van der Waals surface area contributed by atoms with Gasteiger partial charge in [0.15, 0.2) is 5.65 Å². The zero-order valence-corrected chi connectivity index (χ0v) is 11.0. The van der Waals surface area contributed by atoms with Crippen LogP contribution in [0.4, 0.5) is 0 Å². The van der Waals surface area contributed by atoms with Crippen molar-refractivity contribution in [3.8, 4) is 0 Å². The van der Waals surface area contributed by atoms with Crippen LogP contribution in [0.2, 0.25) is 0 Å². The molecule has 0 aliphatic rings. The zero-order valence-electron chi connectivity index (χ0n) is 11.0. The lowest BCUT2D eigenvalue weighted by Crippen LogP contribution is -2.21. The van der Waals surface area contributed by atoms with E-state index in [0.29, 0.717) is 6.61 Å². The van der Waals surface area contributed by atoms with Crippen molar-refractivity contribution in [2.75, 3.05) is 20.3 Å². The lowest BCUT2D eigenvalue weighted by atomic mass is 10.4. The number of methoxy groups -OCH3 is 1. The first-order valence-electron chi connectivity index (χ1n) is 6.36. The molecule has 0 spiro atoms. The molecule has 0 saturated carbocycles. The summed E-state index contributed by atoms with van der Waals surface area (Å²) in [4.78, 5) is 9.04. The summed E-state index contributed by atoms with van der Waals surface area (Å²) in [7, 11) is 1.71. The molecular weight excluding hydrogens is 228 g/mol. The molecule has 18 heavy (non-hydrogen) atoms. The van der Waals surface area contributed by atoms with Crippen LogP contribution in [0, 0.1) is 0 Å². The SMILES string of the molecule is CCCn1c(CNCCOC)nc2cccnc21. The van der Waals surface area contributed by atoms with Crippen molar-refractivity contribution in [2.24, 2.45) is 0 Å². The second-order valence-corrected chi connectivity index (χ2v) is 4.20. The molecule has 98 valence electrons. The number of fused-ring (bicyclic) bond motifs is 1. The van der Waals surface area contributed by atoms with Gasteiger partial charge in [0, 0.05) is 26.4 Å². The van der Waals surface area contributed by atoms with E-state index in [2.05, 4.69) is 26.8 Å². The number of ether oxygens (including phenoxy) is 1. The molecule has 0 bridgehead atoms. The fourth-order valence-electron chi connectivity index (χ4n) is 1.97. The highest BCUT2D eigenvalue weighted by atomic mass is 16.5. The van der Waals surface area contributed by atoms with Crippen LogP contribution >= 0.6 is 0 Å². The average Bonchev–Trinajstić information content (AvgIpc) is 2.74. The predicted molar refractivity (Wildman–Crippen MR) is 71.4 cm³/mol. The highest BCUT2D eigenvalue weighted by molar-refractivity contribution is 5.71. The Labute approximate surface area is 107 Å². The monoisotopic (exact) mass is 248 g/mol. The first kappa shape index (κ1) is 13.0. The molecule has 0 amide bonds. The number of imidazole rings is 1.